The van der Waals surface area contributed by atoms with Gasteiger partial charge in [0.05, 0.1) is 5.69 Å². The summed E-state index contributed by atoms with van der Waals surface area (Å²) in [5, 5.41) is 2.84. The number of ether oxygens (including phenoxy) is 1. The fraction of sp³-hybridized carbons (Fsp3) is 0.278. The quantitative estimate of drug-likeness (QED) is 0.832. The normalized spacial score (nSPS) is 10.5. The molecule has 4 nitrogen and oxygen atoms in total. The minimum atomic E-state index is -0.132. The van der Waals surface area contributed by atoms with Crippen molar-refractivity contribution >= 4 is 11.6 Å². The zero-order valence-electron chi connectivity index (χ0n) is 13.2. The van der Waals surface area contributed by atoms with E-state index in [1.165, 1.54) is 5.56 Å². The maximum atomic E-state index is 11.9. The van der Waals surface area contributed by atoms with Gasteiger partial charge in [0.15, 0.2) is 0 Å². The van der Waals surface area contributed by atoms with E-state index in [1.807, 2.05) is 45.0 Å². The number of nitrogens with two attached hydrogens (primary N) is 1. The van der Waals surface area contributed by atoms with Crippen LogP contribution in [0.1, 0.15) is 35.3 Å². The highest BCUT2D eigenvalue weighted by Crippen LogP contribution is 2.24. The van der Waals surface area contributed by atoms with Gasteiger partial charge < -0.3 is 15.8 Å². The maximum Gasteiger partial charge on any atom is 0.251 e. The third-order valence-electron chi connectivity index (χ3n) is 3.34. The van der Waals surface area contributed by atoms with Crippen LogP contribution in [0, 0.1) is 6.92 Å². The van der Waals surface area contributed by atoms with Crippen LogP contribution in [0.25, 0.3) is 0 Å². The summed E-state index contributed by atoms with van der Waals surface area (Å²) in [6, 6.07) is 13.2. The average Bonchev–Trinajstić information content (AvgIpc) is 2.46. The fourth-order valence-corrected chi connectivity index (χ4v) is 2.09. The Hall–Kier alpha value is -2.49. The molecule has 2 rings (SSSR count). The minimum absolute atomic E-state index is 0.0886. The third kappa shape index (κ3) is 4.01. The van der Waals surface area contributed by atoms with E-state index in [9.17, 15) is 4.79 Å². The van der Waals surface area contributed by atoms with Crippen molar-refractivity contribution in [1.82, 2.24) is 5.32 Å². The molecule has 0 heterocycles. The predicted octanol–water partition coefficient (Wildman–Crippen LogP) is 3.29. The second-order valence-electron chi connectivity index (χ2n) is 5.60. The van der Waals surface area contributed by atoms with Crippen molar-refractivity contribution in [2.75, 3.05) is 5.73 Å². The molecular weight excluding hydrogens is 276 g/mol. The van der Waals surface area contributed by atoms with Gasteiger partial charge in [-0.3, -0.25) is 4.79 Å². The molecule has 2 aromatic rings. The second kappa shape index (κ2) is 6.98. The molecule has 0 fully saturated rings. The molecule has 4 heteroatoms. The molecule has 1 amide bonds. The number of benzene rings is 2. The Balaban J connectivity index is 2.07. The Morgan fingerprint density at radius 2 is 1.95 bits per heavy atom. The molecule has 0 unspecified atom stereocenters. The summed E-state index contributed by atoms with van der Waals surface area (Å²) in [6.07, 6.45) is 0. The van der Waals surface area contributed by atoms with E-state index in [0.29, 0.717) is 23.6 Å². The molecule has 0 atom stereocenters. The summed E-state index contributed by atoms with van der Waals surface area (Å²) < 4.78 is 5.76. The number of aryl methyl sites for hydroxylation is 1. The van der Waals surface area contributed by atoms with Crippen LogP contribution in [-0.2, 0) is 6.61 Å². The third-order valence-corrected chi connectivity index (χ3v) is 3.34. The molecule has 0 spiro atoms. The maximum absolute atomic E-state index is 11.9. The molecule has 2 aromatic carbocycles. The number of nitrogen functional groups attached to an aromatic ring is 1. The van der Waals surface area contributed by atoms with Crippen molar-refractivity contribution in [3.63, 3.8) is 0 Å². The zero-order valence-corrected chi connectivity index (χ0v) is 13.2. The molecule has 0 bridgehead atoms. The number of nitrogens with one attached hydrogen (secondary N) is 1. The van der Waals surface area contributed by atoms with Crippen LogP contribution in [0.4, 0.5) is 5.69 Å². The first-order valence-electron chi connectivity index (χ1n) is 7.35. The molecule has 0 aromatic heterocycles. The average molecular weight is 298 g/mol. The zero-order chi connectivity index (χ0) is 16.1. The topological polar surface area (TPSA) is 64.3 Å². The standard InChI is InChI=1S/C18H22N2O2/c1-12(2)20-18(21)14-8-9-17(16(19)10-14)22-11-15-7-5-4-6-13(15)3/h4-10,12H,11,19H2,1-3H3,(H,20,21). The highest BCUT2D eigenvalue weighted by Gasteiger charge is 2.10. The summed E-state index contributed by atoms with van der Waals surface area (Å²) in [5.74, 6) is 0.455. The summed E-state index contributed by atoms with van der Waals surface area (Å²) in [5.41, 5.74) is 9.28. The predicted molar refractivity (Wildman–Crippen MR) is 89.0 cm³/mol. The van der Waals surface area contributed by atoms with E-state index >= 15 is 0 Å². The minimum Gasteiger partial charge on any atom is -0.487 e. The smallest absolute Gasteiger partial charge is 0.251 e. The van der Waals surface area contributed by atoms with Crippen LogP contribution in [0.5, 0.6) is 5.75 Å². The van der Waals surface area contributed by atoms with Crippen LogP contribution in [-0.4, -0.2) is 11.9 Å². The van der Waals surface area contributed by atoms with Crippen LogP contribution in [0.15, 0.2) is 42.5 Å². The van der Waals surface area contributed by atoms with Gasteiger partial charge in [-0.05, 0) is 50.1 Å². The summed E-state index contributed by atoms with van der Waals surface area (Å²) in [6.45, 7) is 6.33. The largest absolute Gasteiger partial charge is 0.487 e. The fourth-order valence-electron chi connectivity index (χ4n) is 2.09. The lowest BCUT2D eigenvalue weighted by molar-refractivity contribution is 0.0943. The number of hydrogen-bond donors (Lipinski definition) is 2. The van der Waals surface area contributed by atoms with Crippen molar-refractivity contribution in [3.8, 4) is 5.75 Å². The lowest BCUT2D eigenvalue weighted by atomic mass is 10.1. The Morgan fingerprint density at radius 1 is 1.23 bits per heavy atom. The monoisotopic (exact) mass is 298 g/mol. The molecule has 3 N–H and O–H groups in total. The van der Waals surface area contributed by atoms with Crippen LogP contribution < -0.4 is 15.8 Å². The van der Waals surface area contributed by atoms with Gasteiger partial charge in [0.2, 0.25) is 0 Å². The van der Waals surface area contributed by atoms with Crippen LogP contribution in [0.2, 0.25) is 0 Å². The first-order valence-corrected chi connectivity index (χ1v) is 7.35. The second-order valence-corrected chi connectivity index (χ2v) is 5.60. The van der Waals surface area contributed by atoms with Gasteiger partial charge in [0.1, 0.15) is 12.4 Å². The van der Waals surface area contributed by atoms with Gasteiger partial charge in [-0.25, -0.2) is 0 Å². The highest BCUT2D eigenvalue weighted by molar-refractivity contribution is 5.95. The number of carbonyl (C=O) groups excluding carboxylic acids is 1. The Labute approximate surface area is 131 Å². The summed E-state index contributed by atoms with van der Waals surface area (Å²) in [4.78, 5) is 11.9. The Bertz CT molecular complexity index is 666. The summed E-state index contributed by atoms with van der Waals surface area (Å²) >= 11 is 0. The number of hydrogen-bond acceptors (Lipinski definition) is 3. The van der Waals surface area contributed by atoms with Gasteiger partial charge >= 0.3 is 0 Å². The van der Waals surface area contributed by atoms with Gasteiger partial charge in [0.25, 0.3) is 5.91 Å². The first-order chi connectivity index (χ1) is 10.5. The highest BCUT2D eigenvalue weighted by atomic mass is 16.5. The van der Waals surface area contributed by atoms with Crippen LogP contribution >= 0.6 is 0 Å². The molecule has 22 heavy (non-hydrogen) atoms. The molecule has 116 valence electrons. The van der Waals surface area contributed by atoms with Crippen molar-refractivity contribution < 1.29 is 9.53 Å². The van der Waals surface area contributed by atoms with Gasteiger partial charge in [-0.15, -0.1) is 0 Å². The Kier molecular flexibility index (Phi) is 5.04. The Morgan fingerprint density at radius 3 is 2.59 bits per heavy atom. The van der Waals surface area contributed by atoms with Gasteiger partial charge in [0, 0.05) is 11.6 Å². The number of rotatable bonds is 5. The molecule has 0 saturated carbocycles. The molecule has 0 radical (unpaired) electrons. The molecule has 0 aliphatic heterocycles. The number of amides is 1. The van der Waals surface area contributed by atoms with Crippen molar-refractivity contribution in [3.05, 3.63) is 59.2 Å². The lowest BCUT2D eigenvalue weighted by Gasteiger charge is -2.13. The van der Waals surface area contributed by atoms with Gasteiger partial charge in [-0.1, -0.05) is 24.3 Å². The number of anilines is 1. The molecule has 0 aliphatic rings. The van der Waals surface area contributed by atoms with Crippen molar-refractivity contribution in [2.45, 2.75) is 33.4 Å². The first kappa shape index (κ1) is 15.9. The van der Waals surface area contributed by atoms with E-state index in [2.05, 4.69) is 5.32 Å². The molecule has 0 saturated heterocycles. The van der Waals surface area contributed by atoms with E-state index in [0.717, 1.165) is 5.56 Å². The molecule has 0 aliphatic carbocycles. The van der Waals surface area contributed by atoms with Gasteiger partial charge in [-0.2, -0.15) is 0 Å². The summed E-state index contributed by atoms with van der Waals surface area (Å²) in [7, 11) is 0. The van der Waals surface area contributed by atoms with Crippen LogP contribution in [0.3, 0.4) is 0 Å². The van der Waals surface area contributed by atoms with E-state index < -0.39 is 0 Å². The molecular formula is C18H22N2O2. The van der Waals surface area contributed by atoms with E-state index in [1.54, 1.807) is 18.2 Å². The SMILES string of the molecule is Cc1ccccc1COc1ccc(C(=O)NC(C)C)cc1N. The lowest BCUT2D eigenvalue weighted by Crippen LogP contribution is -2.30. The van der Waals surface area contributed by atoms with E-state index in [4.69, 9.17) is 10.5 Å². The van der Waals surface area contributed by atoms with Crippen molar-refractivity contribution in [1.29, 1.82) is 0 Å². The number of carbonyl (C=O) groups is 1. The van der Waals surface area contributed by atoms with E-state index in [-0.39, 0.29) is 11.9 Å². The van der Waals surface area contributed by atoms with Crippen molar-refractivity contribution in [2.24, 2.45) is 0 Å².